The molecule has 3 saturated carbocycles. The molecular formula is C48H61N3O12. The number of nitriles is 1. The number of nitrogens with one attached hydrogen (secondary N) is 1. The Bertz CT molecular complexity index is 2300. The molecule has 63 heavy (non-hydrogen) atoms. The number of benzene rings is 1. The molecule has 8 unspecified atom stereocenters. The fraction of sp³-hybridized carbons (Fsp3) is 0.604. The Balaban J connectivity index is 1.44. The number of esters is 1. The first-order valence-corrected chi connectivity index (χ1v) is 21.9. The number of aliphatic hydroxyl groups excluding tert-OH is 4. The molecule has 5 aliphatic heterocycles. The van der Waals surface area contributed by atoms with Gasteiger partial charge in [-0.15, -0.1) is 0 Å². The number of nitrogens with two attached hydrogens (primary N) is 1. The number of methoxy groups -OCH3 is 1. The van der Waals surface area contributed by atoms with Crippen molar-refractivity contribution in [3.05, 3.63) is 69.1 Å². The third-order valence-electron chi connectivity index (χ3n) is 14.6. The van der Waals surface area contributed by atoms with Crippen LogP contribution in [-0.4, -0.2) is 99.0 Å². The molecule has 0 aromatic heterocycles. The maximum atomic E-state index is 15.5. The van der Waals surface area contributed by atoms with Gasteiger partial charge in [-0.3, -0.25) is 4.79 Å². The summed E-state index contributed by atoms with van der Waals surface area (Å²) in [5.74, 6) is -2.30. The van der Waals surface area contributed by atoms with Crippen LogP contribution in [0.2, 0.25) is 0 Å². The number of carbonyl (C=O) groups is 2. The number of allylic oxidation sites excluding steroid dienone is 5. The average molecular weight is 872 g/mol. The molecule has 13 atom stereocenters. The normalized spacial score (nSPS) is 37.6. The smallest absolute Gasteiger partial charge is 0.333 e. The lowest BCUT2D eigenvalue weighted by molar-refractivity contribution is -0.278. The molecule has 5 heterocycles. The molecule has 0 radical (unpaired) electrons. The van der Waals surface area contributed by atoms with Gasteiger partial charge in [0.15, 0.2) is 17.0 Å². The summed E-state index contributed by atoms with van der Waals surface area (Å²) >= 11 is 0. The monoisotopic (exact) mass is 871 g/mol. The number of carbonyl (C=O) groups excluding carboxylic acids is 2. The summed E-state index contributed by atoms with van der Waals surface area (Å²) in [6, 6.07) is 1.51. The molecular weight excluding hydrogens is 811 g/mol. The molecule has 2 saturated heterocycles. The number of nitrogens with zero attached hydrogens (tertiary/aromatic N) is 1. The zero-order valence-corrected chi connectivity index (χ0v) is 37.5. The highest BCUT2D eigenvalue weighted by molar-refractivity contribution is 5.96. The van der Waals surface area contributed by atoms with Crippen molar-refractivity contribution in [1.29, 1.82) is 5.26 Å². The van der Waals surface area contributed by atoms with Crippen LogP contribution in [0.25, 0.3) is 6.08 Å². The molecule has 3 aliphatic carbocycles. The van der Waals surface area contributed by atoms with Crippen molar-refractivity contribution in [1.82, 2.24) is 5.32 Å². The van der Waals surface area contributed by atoms with Crippen LogP contribution in [0, 0.1) is 35.0 Å². The number of ketones is 1. The van der Waals surface area contributed by atoms with E-state index >= 15 is 4.79 Å². The lowest BCUT2D eigenvalue weighted by atomic mass is 9.41. The molecule has 1 spiro atoms. The lowest BCUT2D eigenvalue weighted by Crippen LogP contribution is -2.80. The molecule has 9 rings (SSSR count). The highest BCUT2D eigenvalue weighted by Gasteiger charge is 2.86. The van der Waals surface area contributed by atoms with Crippen molar-refractivity contribution < 1.29 is 58.4 Å². The van der Waals surface area contributed by atoms with E-state index in [1.165, 1.54) is 12.7 Å². The second-order valence-electron chi connectivity index (χ2n) is 19.5. The van der Waals surface area contributed by atoms with Crippen molar-refractivity contribution in [3.8, 4) is 23.3 Å². The Labute approximate surface area is 368 Å². The fourth-order valence-corrected chi connectivity index (χ4v) is 11.7. The van der Waals surface area contributed by atoms with E-state index in [1.54, 1.807) is 13.0 Å². The van der Waals surface area contributed by atoms with Crippen LogP contribution >= 0.6 is 0 Å². The summed E-state index contributed by atoms with van der Waals surface area (Å²) < 4.78 is 39.8. The SMILES string of the molecule is COC(=O)/C(C)=C\CC12OC(C)(C)C3CC(C1=O)C1C(C#N)=C(N)NC4c5c(O[C@H]6O[C@@H](CO)[C@H](O)[C@@H](O)[C@@H]6O)c6c(c(CC=C(C)C)c5OC32C41)OC(C)(CCC=C(C)C)C=C6. The first-order chi connectivity index (χ1) is 29.7. The van der Waals surface area contributed by atoms with Crippen LogP contribution in [0.15, 0.2) is 52.4 Å². The third kappa shape index (κ3) is 6.65. The largest absolute Gasteiger partial charge is 0.482 e. The van der Waals surface area contributed by atoms with Crippen LogP contribution in [0.4, 0.5) is 0 Å². The Kier molecular flexibility index (Phi) is 11.2. The van der Waals surface area contributed by atoms with E-state index < -0.39 is 95.4 Å². The number of hydrogen-bond acceptors (Lipinski definition) is 15. The highest BCUT2D eigenvalue weighted by atomic mass is 16.7. The highest BCUT2D eigenvalue weighted by Crippen LogP contribution is 2.75. The van der Waals surface area contributed by atoms with E-state index in [0.717, 1.165) is 12.0 Å². The van der Waals surface area contributed by atoms with Gasteiger partial charge in [0.25, 0.3) is 0 Å². The number of hydrogen-bond donors (Lipinski definition) is 6. The van der Waals surface area contributed by atoms with Gasteiger partial charge >= 0.3 is 5.97 Å². The standard InChI is InChI=1S/C48H61N3O12/c1-22(2)11-10-16-46(8)17-15-26-38(61-46)25(13-12-23(3)4)40-32(39(26)60-44-37(55)36(54)35(53)29(21-52)59-44)34-33-31(28(20-49)42(50)51-34)27-19-30-45(6,7)63-47(41(27)56,48(30,33)62-40)18-14-24(5)43(57)58-9/h11-12,14-15,17,27,29-31,33-37,44,51-55H,10,13,16,18-19,21,50H2,1-9H3/b24-14-/t27?,29-,30?,31?,33?,34?,35-,36+,37-,44+,46?,47?,48?/m0/s1. The molecule has 4 bridgehead atoms. The number of ether oxygens (including phenoxy) is 6. The summed E-state index contributed by atoms with van der Waals surface area (Å²) in [5.41, 5.74) is 6.28. The van der Waals surface area contributed by atoms with Crippen molar-refractivity contribution in [2.24, 2.45) is 29.4 Å². The first kappa shape index (κ1) is 44.9. The zero-order valence-electron chi connectivity index (χ0n) is 37.5. The van der Waals surface area contributed by atoms with Gasteiger partial charge < -0.3 is 59.9 Å². The fourth-order valence-electron chi connectivity index (χ4n) is 11.7. The van der Waals surface area contributed by atoms with Crippen LogP contribution in [0.1, 0.15) is 104 Å². The van der Waals surface area contributed by atoms with Crippen molar-refractivity contribution in [2.45, 2.75) is 147 Å². The second kappa shape index (κ2) is 15.8. The molecule has 15 heteroatoms. The molecule has 8 aliphatic rings. The molecule has 340 valence electrons. The van der Waals surface area contributed by atoms with E-state index in [0.29, 0.717) is 47.5 Å². The number of Topliss-reactive ketones (excluding diaryl/α,β-unsaturated/α-hetero) is 1. The summed E-state index contributed by atoms with van der Waals surface area (Å²) in [4.78, 5) is 28.3. The summed E-state index contributed by atoms with van der Waals surface area (Å²) in [5, 5.41) is 57.5. The predicted molar refractivity (Wildman–Crippen MR) is 229 cm³/mol. The van der Waals surface area contributed by atoms with E-state index in [4.69, 9.17) is 34.2 Å². The predicted octanol–water partition coefficient (Wildman–Crippen LogP) is 4.26. The van der Waals surface area contributed by atoms with E-state index in [-0.39, 0.29) is 34.9 Å². The van der Waals surface area contributed by atoms with E-state index in [9.17, 15) is 30.5 Å². The van der Waals surface area contributed by atoms with Crippen molar-refractivity contribution >= 4 is 17.8 Å². The van der Waals surface area contributed by atoms with Crippen LogP contribution in [-0.2, 0) is 30.2 Å². The topological polar surface area (TPSA) is 232 Å². The Morgan fingerprint density at radius 3 is 2.40 bits per heavy atom. The number of aliphatic hydroxyl groups is 4. The number of fused-ring (bicyclic) bond motifs is 3. The van der Waals surface area contributed by atoms with E-state index in [2.05, 4.69) is 23.5 Å². The molecule has 1 aromatic rings. The van der Waals surface area contributed by atoms with Gasteiger partial charge in [-0.05, 0) is 93.2 Å². The lowest BCUT2D eigenvalue weighted by Gasteiger charge is -2.66. The molecule has 7 N–H and O–H groups in total. The quantitative estimate of drug-likeness (QED) is 0.104. The number of rotatable bonds is 11. The minimum Gasteiger partial charge on any atom is -0.482 e. The summed E-state index contributed by atoms with van der Waals surface area (Å²) in [6.45, 7) is 14.9. The van der Waals surface area contributed by atoms with Gasteiger partial charge in [0, 0.05) is 41.2 Å². The minimum atomic E-state index is -1.76. The van der Waals surface area contributed by atoms with Crippen molar-refractivity contribution in [2.75, 3.05) is 13.7 Å². The van der Waals surface area contributed by atoms with Gasteiger partial charge in [-0.2, -0.15) is 5.26 Å². The molecule has 0 amide bonds. The Morgan fingerprint density at radius 1 is 1.03 bits per heavy atom. The third-order valence-corrected chi connectivity index (χ3v) is 14.6. The first-order valence-electron chi connectivity index (χ1n) is 21.9. The summed E-state index contributed by atoms with van der Waals surface area (Å²) in [7, 11) is 1.29. The molecule has 1 aromatic carbocycles. The maximum absolute atomic E-state index is 15.5. The average Bonchev–Trinajstić information content (AvgIpc) is 3.37. The minimum absolute atomic E-state index is 0.0281. The molecule has 15 nitrogen and oxygen atoms in total. The Morgan fingerprint density at radius 2 is 1.75 bits per heavy atom. The Hall–Kier alpha value is -4.69. The summed E-state index contributed by atoms with van der Waals surface area (Å²) in [6.07, 6.45) is 3.70. The van der Waals surface area contributed by atoms with Crippen LogP contribution in [0.5, 0.6) is 17.2 Å². The second-order valence-corrected chi connectivity index (χ2v) is 19.5. The molecule has 5 fully saturated rings. The van der Waals surface area contributed by atoms with Gasteiger partial charge in [0.1, 0.15) is 53.1 Å². The van der Waals surface area contributed by atoms with Gasteiger partial charge in [-0.1, -0.05) is 29.4 Å². The zero-order chi connectivity index (χ0) is 45.7. The van der Waals surface area contributed by atoms with Gasteiger partial charge in [0.05, 0.1) is 48.1 Å². The van der Waals surface area contributed by atoms with Gasteiger partial charge in [0.2, 0.25) is 6.29 Å². The maximum Gasteiger partial charge on any atom is 0.333 e. The van der Waals surface area contributed by atoms with Crippen molar-refractivity contribution in [3.63, 3.8) is 0 Å². The van der Waals surface area contributed by atoms with E-state index in [1.807, 2.05) is 60.6 Å². The van der Waals surface area contributed by atoms with Crippen LogP contribution < -0.4 is 25.3 Å². The van der Waals surface area contributed by atoms with Gasteiger partial charge in [-0.25, -0.2) is 4.79 Å². The van der Waals surface area contributed by atoms with Crippen LogP contribution in [0.3, 0.4) is 0 Å².